The summed E-state index contributed by atoms with van der Waals surface area (Å²) in [6, 6.07) is 6.27. The molecule has 2 rings (SSSR count). The van der Waals surface area contributed by atoms with Gasteiger partial charge in [0.1, 0.15) is 5.82 Å². The Labute approximate surface area is 99.9 Å². The summed E-state index contributed by atoms with van der Waals surface area (Å²) in [4.78, 5) is 0. The number of nitriles is 1. The molecule has 1 aromatic rings. The van der Waals surface area contributed by atoms with Crippen LogP contribution in [-0.4, -0.2) is 17.3 Å². The Morgan fingerprint density at radius 2 is 2.24 bits per heavy atom. The predicted molar refractivity (Wildman–Crippen MR) is 61.6 cm³/mol. The molecule has 0 unspecified atom stereocenters. The van der Waals surface area contributed by atoms with Crippen molar-refractivity contribution in [3.63, 3.8) is 0 Å². The van der Waals surface area contributed by atoms with Crippen molar-refractivity contribution in [1.29, 1.82) is 5.26 Å². The third-order valence-electron chi connectivity index (χ3n) is 3.23. The Hall–Kier alpha value is -1.44. The van der Waals surface area contributed by atoms with Gasteiger partial charge < -0.3 is 10.4 Å². The van der Waals surface area contributed by atoms with E-state index in [-0.39, 0.29) is 5.82 Å². The first kappa shape index (κ1) is 12.0. The first-order chi connectivity index (χ1) is 8.13. The smallest absolute Gasteiger partial charge is 0.127 e. The van der Waals surface area contributed by atoms with E-state index in [0.29, 0.717) is 24.2 Å². The van der Waals surface area contributed by atoms with Gasteiger partial charge in [-0.2, -0.15) is 5.26 Å². The summed E-state index contributed by atoms with van der Waals surface area (Å²) in [5.41, 5.74) is 0.307. The largest absolute Gasteiger partial charge is 0.389 e. The van der Waals surface area contributed by atoms with Gasteiger partial charge in [0.25, 0.3) is 0 Å². The van der Waals surface area contributed by atoms with Crippen LogP contribution < -0.4 is 5.32 Å². The summed E-state index contributed by atoms with van der Waals surface area (Å²) < 4.78 is 13.4. The lowest BCUT2D eigenvalue weighted by atomic mass is 9.80. The standard InChI is InChI=1S/C13H15FN2O/c14-12-3-2-10(7-15)6-11(12)8-16-9-13(17)4-1-5-13/h2-3,6,16-17H,1,4-5,8-9H2. The van der Waals surface area contributed by atoms with E-state index in [2.05, 4.69) is 5.32 Å². The molecule has 0 amide bonds. The highest BCUT2D eigenvalue weighted by molar-refractivity contribution is 5.33. The number of rotatable bonds is 4. The molecule has 0 aliphatic heterocycles. The van der Waals surface area contributed by atoms with Crippen molar-refractivity contribution >= 4 is 0 Å². The van der Waals surface area contributed by atoms with Crippen molar-refractivity contribution in [1.82, 2.24) is 5.32 Å². The number of aliphatic hydroxyl groups is 1. The van der Waals surface area contributed by atoms with Crippen LogP contribution in [0.3, 0.4) is 0 Å². The van der Waals surface area contributed by atoms with Crippen LogP contribution in [0.2, 0.25) is 0 Å². The Morgan fingerprint density at radius 1 is 1.47 bits per heavy atom. The average molecular weight is 234 g/mol. The SMILES string of the molecule is N#Cc1ccc(F)c(CNCC2(O)CCC2)c1. The number of halogens is 1. The van der Waals surface area contributed by atoms with Gasteiger partial charge in [-0.05, 0) is 37.5 Å². The van der Waals surface area contributed by atoms with E-state index in [4.69, 9.17) is 5.26 Å². The van der Waals surface area contributed by atoms with Crippen LogP contribution in [0, 0.1) is 17.1 Å². The van der Waals surface area contributed by atoms with Crippen molar-refractivity contribution in [3.05, 3.63) is 35.1 Å². The highest BCUT2D eigenvalue weighted by atomic mass is 19.1. The summed E-state index contributed by atoms with van der Waals surface area (Å²) in [5.74, 6) is -0.322. The number of benzene rings is 1. The molecule has 3 nitrogen and oxygen atoms in total. The van der Waals surface area contributed by atoms with Crippen LogP contribution >= 0.6 is 0 Å². The molecule has 0 bridgehead atoms. The molecule has 0 atom stereocenters. The Bertz CT molecular complexity index is 449. The molecule has 4 heteroatoms. The second kappa shape index (κ2) is 4.82. The van der Waals surface area contributed by atoms with Crippen LogP contribution in [0.1, 0.15) is 30.4 Å². The maximum Gasteiger partial charge on any atom is 0.127 e. The van der Waals surface area contributed by atoms with Crippen molar-refractivity contribution in [2.24, 2.45) is 0 Å². The minimum atomic E-state index is -0.608. The summed E-state index contributed by atoms with van der Waals surface area (Å²) in [7, 11) is 0. The van der Waals surface area contributed by atoms with Gasteiger partial charge in [-0.15, -0.1) is 0 Å². The second-order valence-electron chi connectivity index (χ2n) is 4.60. The molecule has 1 aliphatic rings. The van der Waals surface area contributed by atoms with Gasteiger partial charge in [0, 0.05) is 18.7 Å². The zero-order valence-electron chi connectivity index (χ0n) is 9.54. The molecular formula is C13H15FN2O. The summed E-state index contributed by atoms with van der Waals surface area (Å²) in [5, 5.41) is 21.6. The van der Waals surface area contributed by atoms with Crippen molar-refractivity contribution in [2.75, 3.05) is 6.54 Å². The zero-order chi connectivity index (χ0) is 12.3. The number of hydrogen-bond acceptors (Lipinski definition) is 3. The minimum absolute atomic E-state index is 0.322. The van der Waals surface area contributed by atoms with Crippen LogP contribution in [0.25, 0.3) is 0 Å². The van der Waals surface area contributed by atoms with Crippen LogP contribution in [0.15, 0.2) is 18.2 Å². The van der Waals surface area contributed by atoms with Gasteiger partial charge >= 0.3 is 0 Å². The zero-order valence-corrected chi connectivity index (χ0v) is 9.54. The average Bonchev–Trinajstić information content (AvgIpc) is 2.29. The van der Waals surface area contributed by atoms with E-state index in [1.54, 1.807) is 0 Å². The molecule has 0 spiro atoms. The highest BCUT2D eigenvalue weighted by Crippen LogP contribution is 2.30. The molecule has 1 aliphatic carbocycles. The lowest BCUT2D eigenvalue weighted by molar-refractivity contribution is -0.0315. The molecule has 0 radical (unpaired) electrons. The van der Waals surface area contributed by atoms with Crippen molar-refractivity contribution in [3.8, 4) is 6.07 Å². The van der Waals surface area contributed by atoms with Gasteiger partial charge in [0.15, 0.2) is 0 Å². The lowest BCUT2D eigenvalue weighted by Crippen LogP contribution is -2.46. The topological polar surface area (TPSA) is 56.0 Å². The third kappa shape index (κ3) is 2.82. The molecule has 0 saturated heterocycles. The van der Waals surface area contributed by atoms with Crippen LogP contribution in [0.5, 0.6) is 0 Å². The fourth-order valence-corrected chi connectivity index (χ4v) is 1.97. The molecule has 0 heterocycles. The Kier molecular flexibility index (Phi) is 3.41. The molecule has 90 valence electrons. The van der Waals surface area contributed by atoms with Crippen molar-refractivity contribution < 1.29 is 9.50 Å². The van der Waals surface area contributed by atoms with E-state index in [9.17, 15) is 9.50 Å². The van der Waals surface area contributed by atoms with Gasteiger partial charge in [-0.25, -0.2) is 4.39 Å². The number of hydrogen-bond donors (Lipinski definition) is 2. The third-order valence-corrected chi connectivity index (χ3v) is 3.23. The minimum Gasteiger partial charge on any atom is -0.389 e. The van der Waals surface area contributed by atoms with Crippen LogP contribution in [0.4, 0.5) is 4.39 Å². The maximum absolute atomic E-state index is 13.4. The Morgan fingerprint density at radius 3 is 2.82 bits per heavy atom. The monoisotopic (exact) mass is 234 g/mol. The van der Waals surface area contributed by atoms with Gasteiger partial charge in [-0.3, -0.25) is 0 Å². The normalized spacial score (nSPS) is 17.2. The molecule has 1 aromatic carbocycles. The number of nitrogens with one attached hydrogen (secondary N) is 1. The van der Waals surface area contributed by atoms with E-state index in [1.165, 1.54) is 18.2 Å². The summed E-state index contributed by atoms with van der Waals surface area (Å²) in [6.45, 7) is 0.812. The first-order valence-corrected chi connectivity index (χ1v) is 5.75. The maximum atomic E-state index is 13.4. The second-order valence-corrected chi connectivity index (χ2v) is 4.60. The molecular weight excluding hydrogens is 219 g/mol. The van der Waals surface area contributed by atoms with E-state index in [0.717, 1.165) is 19.3 Å². The summed E-state index contributed by atoms with van der Waals surface area (Å²) >= 11 is 0. The predicted octanol–water partition coefficient (Wildman–Crippen LogP) is 1.70. The van der Waals surface area contributed by atoms with Crippen LogP contribution in [-0.2, 0) is 6.54 Å². The Balaban J connectivity index is 1.92. The van der Waals surface area contributed by atoms with E-state index < -0.39 is 5.60 Å². The fourth-order valence-electron chi connectivity index (χ4n) is 1.97. The molecule has 1 saturated carbocycles. The molecule has 17 heavy (non-hydrogen) atoms. The summed E-state index contributed by atoms with van der Waals surface area (Å²) in [6.07, 6.45) is 2.66. The molecule has 1 fully saturated rings. The van der Waals surface area contributed by atoms with E-state index >= 15 is 0 Å². The van der Waals surface area contributed by atoms with Gasteiger partial charge in [0.2, 0.25) is 0 Å². The first-order valence-electron chi connectivity index (χ1n) is 5.75. The molecule has 2 N–H and O–H groups in total. The van der Waals surface area contributed by atoms with Gasteiger partial charge in [0.05, 0.1) is 17.2 Å². The molecule has 0 aromatic heterocycles. The van der Waals surface area contributed by atoms with Crippen molar-refractivity contribution in [2.45, 2.75) is 31.4 Å². The number of nitrogens with zero attached hydrogens (tertiary/aromatic N) is 1. The highest BCUT2D eigenvalue weighted by Gasteiger charge is 2.33. The van der Waals surface area contributed by atoms with E-state index in [1.807, 2.05) is 6.07 Å². The van der Waals surface area contributed by atoms with Gasteiger partial charge in [-0.1, -0.05) is 0 Å². The lowest BCUT2D eigenvalue weighted by Gasteiger charge is -2.36. The quantitative estimate of drug-likeness (QED) is 0.833. The fraction of sp³-hybridized carbons (Fsp3) is 0.462.